The van der Waals surface area contributed by atoms with Gasteiger partial charge in [-0.2, -0.15) is 0 Å². The molecule has 0 bridgehead atoms. The molecule has 4 heteroatoms. The summed E-state index contributed by atoms with van der Waals surface area (Å²) in [6.45, 7) is 0.745. The Hall–Kier alpha value is -1.81. The van der Waals surface area contributed by atoms with Crippen molar-refractivity contribution in [1.29, 1.82) is 0 Å². The van der Waals surface area contributed by atoms with Crippen molar-refractivity contribution in [1.82, 2.24) is 4.57 Å². The minimum Gasteiger partial charge on any atom is -0.497 e. The average Bonchev–Trinajstić information content (AvgIpc) is 2.77. The summed E-state index contributed by atoms with van der Waals surface area (Å²) in [5.74, 6) is 0.938. The highest BCUT2D eigenvalue weighted by Crippen LogP contribution is 2.38. The van der Waals surface area contributed by atoms with Crippen molar-refractivity contribution in [3.63, 3.8) is 0 Å². The van der Waals surface area contributed by atoms with Crippen LogP contribution in [0.1, 0.15) is 16.8 Å². The Kier molecular flexibility index (Phi) is 2.45. The van der Waals surface area contributed by atoms with Crippen LogP contribution in [0.15, 0.2) is 34.8 Å². The number of hydrogen-bond acceptors (Lipinski definition) is 2. The zero-order valence-electron chi connectivity index (χ0n) is 10.9. The Morgan fingerprint density at radius 3 is 2.85 bits per heavy atom. The van der Waals surface area contributed by atoms with Crippen LogP contribution in [-0.2, 0) is 6.54 Å². The molecule has 1 aliphatic rings. The molecule has 0 radical (unpaired) electrons. The van der Waals surface area contributed by atoms with E-state index in [-0.39, 0.29) is 5.78 Å². The molecule has 1 aliphatic heterocycles. The molecule has 0 saturated carbocycles. The maximum atomic E-state index is 12.2. The molecule has 0 amide bonds. The van der Waals surface area contributed by atoms with Gasteiger partial charge in [-0.25, -0.2) is 0 Å². The van der Waals surface area contributed by atoms with Gasteiger partial charge in [-0.05, 0) is 24.3 Å². The molecule has 20 heavy (non-hydrogen) atoms. The van der Waals surface area contributed by atoms with E-state index in [1.165, 1.54) is 0 Å². The fourth-order valence-corrected chi connectivity index (χ4v) is 3.44. The number of aryl methyl sites for hydroxylation is 1. The van der Waals surface area contributed by atoms with Gasteiger partial charge in [-0.3, -0.25) is 4.79 Å². The lowest BCUT2D eigenvalue weighted by atomic mass is 10.0. The van der Waals surface area contributed by atoms with Gasteiger partial charge < -0.3 is 9.30 Å². The summed E-state index contributed by atoms with van der Waals surface area (Å²) >= 11 is 3.52. The molecule has 2 aromatic carbocycles. The van der Waals surface area contributed by atoms with Gasteiger partial charge in [-0.15, -0.1) is 0 Å². The first-order chi connectivity index (χ1) is 9.69. The molecule has 0 atom stereocenters. The largest absolute Gasteiger partial charge is 0.497 e. The van der Waals surface area contributed by atoms with Gasteiger partial charge in [0.05, 0.1) is 18.1 Å². The highest BCUT2D eigenvalue weighted by molar-refractivity contribution is 9.10. The molecule has 0 aliphatic carbocycles. The quantitative estimate of drug-likeness (QED) is 0.671. The molecule has 100 valence electrons. The minimum atomic E-state index is 0.197. The lowest BCUT2D eigenvalue weighted by Crippen LogP contribution is -2.14. The number of methoxy groups -OCH3 is 1. The lowest BCUT2D eigenvalue weighted by molar-refractivity contribution is 0.0973. The third-order valence-corrected chi connectivity index (χ3v) is 4.49. The van der Waals surface area contributed by atoms with E-state index in [0.29, 0.717) is 6.42 Å². The number of benzene rings is 2. The third kappa shape index (κ3) is 1.48. The first kappa shape index (κ1) is 12.0. The van der Waals surface area contributed by atoms with Crippen molar-refractivity contribution >= 4 is 43.5 Å². The summed E-state index contributed by atoms with van der Waals surface area (Å²) in [5.41, 5.74) is 2.98. The van der Waals surface area contributed by atoms with E-state index >= 15 is 0 Å². The van der Waals surface area contributed by atoms with E-state index in [0.717, 1.165) is 44.1 Å². The zero-order chi connectivity index (χ0) is 13.9. The summed E-state index contributed by atoms with van der Waals surface area (Å²) < 4.78 is 8.64. The van der Waals surface area contributed by atoms with Gasteiger partial charge in [0.2, 0.25) is 0 Å². The van der Waals surface area contributed by atoms with E-state index in [9.17, 15) is 4.79 Å². The fourth-order valence-electron chi connectivity index (χ4n) is 3.09. The summed E-state index contributed by atoms with van der Waals surface area (Å²) in [5, 5.41) is 2.26. The third-order valence-electron chi connectivity index (χ3n) is 3.99. The summed E-state index contributed by atoms with van der Waals surface area (Å²) in [4.78, 5) is 12.2. The summed E-state index contributed by atoms with van der Waals surface area (Å²) in [6, 6.07) is 10.1. The van der Waals surface area contributed by atoms with Gasteiger partial charge in [0.25, 0.3) is 0 Å². The minimum absolute atomic E-state index is 0.197. The predicted molar refractivity (Wildman–Crippen MR) is 82.6 cm³/mol. The zero-order valence-corrected chi connectivity index (χ0v) is 12.5. The maximum absolute atomic E-state index is 12.2. The van der Waals surface area contributed by atoms with E-state index in [4.69, 9.17) is 4.74 Å². The molecule has 3 aromatic rings. The molecular weight excluding hydrogens is 318 g/mol. The molecule has 0 spiro atoms. The summed E-state index contributed by atoms with van der Waals surface area (Å²) in [6.07, 6.45) is 0.547. The Balaban J connectivity index is 2.27. The molecule has 0 unspecified atom stereocenters. The normalized spacial score (nSPS) is 14.2. The van der Waals surface area contributed by atoms with Crippen LogP contribution in [0.5, 0.6) is 5.75 Å². The predicted octanol–water partition coefficient (Wildman–Crippen LogP) is 4.15. The number of Topliss-reactive ketones (excluding diaryl/α,β-unsaturated/α-hetero) is 1. The number of aromatic nitrogens is 1. The van der Waals surface area contributed by atoms with Crippen LogP contribution >= 0.6 is 15.9 Å². The molecule has 0 saturated heterocycles. The standard InChI is InChI=1S/C16H12BrNO2/c1-20-10-7-12-11-3-2-9(17)6-14(11)18-5-4-15(19)13(8-10)16(12)18/h2-3,6-8H,4-5H2,1H3. The highest BCUT2D eigenvalue weighted by Gasteiger charge is 2.23. The number of fused-ring (bicyclic) bond motifs is 3. The number of nitrogens with zero attached hydrogens (tertiary/aromatic N) is 1. The molecule has 0 fully saturated rings. The Morgan fingerprint density at radius 1 is 1.20 bits per heavy atom. The summed E-state index contributed by atoms with van der Waals surface area (Å²) in [7, 11) is 1.64. The van der Waals surface area contributed by atoms with E-state index in [1.807, 2.05) is 18.2 Å². The van der Waals surface area contributed by atoms with Crippen LogP contribution in [0.4, 0.5) is 0 Å². The number of carbonyl (C=O) groups excluding carboxylic acids is 1. The first-order valence-electron chi connectivity index (χ1n) is 6.52. The van der Waals surface area contributed by atoms with Crippen molar-refractivity contribution in [3.8, 4) is 5.75 Å². The molecule has 1 aromatic heterocycles. The number of carbonyl (C=O) groups is 1. The van der Waals surface area contributed by atoms with Gasteiger partial charge >= 0.3 is 0 Å². The van der Waals surface area contributed by atoms with E-state index in [2.05, 4.69) is 32.6 Å². The van der Waals surface area contributed by atoms with Crippen molar-refractivity contribution in [3.05, 3.63) is 40.4 Å². The molecule has 4 rings (SSSR count). The second-order valence-corrected chi connectivity index (χ2v) is 5.97. The van der Waals surface area contributed by atoms with Gasteiger partial charge in [0.1, 0.15) is 5.75 Å². The van der Waals surface area contributed by atoms with Gasteiger partial charge in [-0.1, -0.05) is 22.0 Å². The van der Waals surface area contributed by atoms with Crippen LogP contribution < -0.4 is 4.74 Å². The number of hydrogen-bond donors (Lipinski definition) is 0. The number of ketones is 1. The Morgan fingerprint density at radius 2 is 2.05 bits per heavy atom. The smallest absolute Gasteiger partial charge is 0.166 e. The van der Waals surface area contributed by atoms with Crippen LogP contribution in [0.3, 0.4) is 0 Å². The Bertz CT molecular complexity index is 879. The topological polar surface area (TPSA) is 31.2 Å². The second kappa shape index (κ2) is 4.09. The second-order valence-electron chi connectivity index (χ2n) is 5.06. The van der Waals surface area contributed by atoms with E-state index < -0.39 is 0 Å². The highest BCUT2D eigenvalue weighted by atomic mass is 79.9. The molecular formula is C16H12BrNO2. The van der Waals surface area contributed by atoms with Gasteiger partial charge in [0, 0.05) is 33.8 Å². The van der Waals surface area contributed by atoms with Crippen molar-refractivity contribution in [2.45, 2.75) is 13.0 Å². The maximum Gasteiger partial charge on any atom is 0.166 e. The molecule has 0 N–H and O–H groups in total. The van der Waals surface area contributed by atoms with Crippen LogP contribution in [0.2, 0.25) is 0 Å². The first-order valence-corrected chi connectivity index (χ1v) is 7.31. The van der Waals surface area contributed by atoms with Gasteiger partial charge in [0.15, 0.2) is 5.78 Å². The average molecular weight is 330 g/mol. The van der Waals surface area contributed by atoms with Crippen LogP contribution in [0, 0.1) is 0 Å². The lowest BCUT2D eigenvalue weighted by Gasteiger charge is -2.16. The number of halogens is 1. The van der Waals surface area contributed by atoms with Crippen LogP contribution in [-0.4, -0.2) is 17.5 Å². The molecule has 2 heterocycles. The van der Waals surface area contributed by atoms with Crippen LogP contribution in [0.25, 0.3) is 21.8 Å². The molecule has 3 nitrogen and oxygen atoms in total. The number of rotatable bonds is 1. The van der Waals surface area contributed by atoms with Crippen molar-refractivity contribution < 1.29 is 9.53 Å². The number of ether oxygens (including phenoxy) is 1. The van der Waals surface area contributed by atoms with Crippen molar-refractivity contribution in [2.75, 3.05) is 7.11 Å². The van der Waals surface area contributed by atoms with E-state index in [1.54, 1.807) is 7.11 Å². The fraction of sp³-hybridized carbons (Fsp3) is 0.188. The monoisotopic (exact) mass is 329 g/mol. The SMILES string of the molecule is COc1cc2c3c(c1)c1ccc(Br)cc1n3CCC2=O. The Labute approximate surface area is 124 Å². The van der Waals surface area contributed by atoms with Crippen molar-refractivity contribution in [2.24, 2.45) is 0 Å².